The molecule has 0 radical (unpaired) electrons. The van der Waals surface area contributed by atoms with Gasteiger partial charge in [0.1, 0.15) is 11.6 Å². The molecule has 0 aliphatic rings. The minimum atomic E-state index is -2.88. The van der Waals surface area contributed by atoms with Crippen LogP contribution in [0.4, 0.5) is 13.2 Å². The Bertz CT molecular complexity index is 632. The minimum absolute atomic E-state index is 0.0438. The highest BCUT2D eigenvalue weighted by atomic mass is 35.5. The Morgan fingerprint density at radius 3 is 2.33 bits per heavy atom. The van der Waals surface area contributed by atoms with Crippen LogP contribution in [0, 0.1) is 12.7 Å². The molecule has 2 aromatic carbocycles. The van der Waals surface area contributed by atoms with Crippen molar-refractivity contribution in [3.63, 3.8) is 0 Å². The first-order chi connectivity index (χ1) is 9.88. The highest BCUT2D eigenvalue weighted by Gasteiger charge is 2.15. The number of ether oxygens (including phenoxy) is 1. The highest BCUT2D eigenvalue weighted by molar-refractivity contribution is 6.31. The van der Waals surface area contributed by atoms with Gasteiger partial charge in [-0.15, -0.1) is 0 Å². The lowest BCUT2D eigenvalue weighted by atomic mass is 9.98. The second kappa shape index (κ2) is 6.37. The topological polar surface area (TPSA) is 35.2 Å². The minimum Gasteiger partial charge on any atom is -0.435 e. The van der Waals surface area contributed by atoms with Crippen molar-refractivity contribution >= 4 is 11.6 Å². The average molecular weight is 316 g/mol. The number of halogens is 4. The van der Waals surface area contributed by atoms with E-state index in [-0.39, 0.29) is 10.8 Å². The molecule has 0 fully saturated rings. The Morgan fingerprint density at radius 1 is 1.14 bits per heavy atom. The van der Waals surface area contributed by atoms with E-state index in [1.165, 1.54) is 18.2 Å². The van der Waals surface area contributed by atoms with E-state index < -0.39 is 18.5 Å². The molecule has 6 heteroatoms. The molecule has 112 valence electrons. The van der Waals surface area contributed by atoms with Crippen molar-refractivity contribution in [2.24, 2.45) is 5.73 Å². The fourth-order valence-electron chi connectivity index (χ4n) is 1.95. The number of alkyl halides is 2. The van der Waals surface area contributed by atoms with Crippen LogP contribution in [-0.2, 0) is 0 Å². The fourth-order valence-corrected chi connectivity index (χ4v) is 2.22. The Balaban J connectivity index is 2.27. The molecule has 21 heavy (non-hydrogen) atoms. The van der Waals surface area contributed by atoms with E-state index in [9.17, 15) is 13.2 Å². The first-order valence-electron chi connectivity index (χ1n) is 6.14. The van der Waals surface area contributed by atoms with Gasteiger partial charge in [-0.3, -0.25) is 0 Å². The summed E-state index contributed by atoms with van der Waals surface area (Å²) in [6.45, 7) is -1.26. The molecular formula is C15H13ClF3NO. The molecule has 0 amide bonds. The lowest BCUT2D eigenvalue weighted by molar-refractivity contribution is -0.0498. The van der Waals surface area contributed by atoms with Crippen molar-refractivity contribution in [1.29, 1.82) is 0 Å². The molecule has 2 rings (SSSR count). The third kappa shape index (κ3) is 3.68. The maximum Gasteiger partial charge on any atom is 0.387 e. The van der Waals surface area contributed by atoms with Gasteiger partial charge in [0.05, 0.1) is 6.04 Å². The van der Waals surface area contributed by atoms with Crippen molar-refractivity contribution in [2.45, 2.75) is 19.6 Å². The molecule has 2 N–H and O–H groups in total. The van der Waals surface area contributed by atoms with E-state index >= 15 is 0 Å². The van der Waals surface area contributed by atoms with Gasteiger partial charge in [-0.1, -0.05) is 23.7 Å². The lowest BCUT2D eigenvalue weighted by Crippen LogP contribution is -2.13. The number of hydrogen-bond donors (Lipinski definition) is 1. The second-order valence-electron chi connectivity index (χ2n) is 4.55. The maximum absolute atomic E-state index is 13.4. The van der Waals surface area contributed by atoms with Crippen LogP contribution in [0.5, 0.6) is 5.75 Å². The van der Waals surface area contributed by atoms with Gasteiger partial charge in [0.25, 0.3) is 0 Å². The van der Waals surface area contributed by atoms with Gasteiger partial charge in [0.15, 0.2) is 0 Å². The maximum atomic E-state index is 13.4. The molecule has 0 aliphatic heterocycles. The molecule has 0 heterocycles. The monoisotopic (exact) mass is 315 g/mol. The summed E-state index contributed by atoms with van der Waals surface area (Å²) in [6, 6.07) is 8.12. The average Bonchev–Trinajstić information content (AvgIpc) is 2.42. The van der Waals surface area contributed by atoms with Crippen LogP contribution in [0.3, 0.4) is 0 Å². The highest BCUT2D eigenvalue weighted by Crippen LogP contribution is 2.29. The Morgan fingerprint density at radius 2 is 1.76 bits per heavy atom. The van der Waals surface area contributed by atoms with Crippen molar-refractivity contribution in [1.82, 2.24) is 0 Å². The third-order valence-corrected chi connectivity index (χ3v) is 3.40. The van der Waals surface area contributed by atoms with Crippen LogP contribution in [0.15, 0.2) is 36.4 Å². The smallest absolute Gasteiger partial charge is 0.387 e. The van der Waals surface area contributed by atoms with Crippen molar-refractivity contribution in [3.8, 4) is 5.75 Å². The summed E-state index contributed by atoms with van der Waals surface area (Å²) in [5, 5.41) is 0.221. The van der Waals surface area contributed by atoms with Gasteiger partial charge < -0.3 is 10.5 Å². The summed E-state index contributed by atoms with van der Waals surface area (Å²) in [6.07, 6.45) is 0. The van der Waals surface area contributed by atoms with E-state index in [2.05, 4.69) is 4.74 Å². The summed E-state index contributed by atoms with van der Waals surface area (Å²) in [5.41, 5.74) is 7.75. The van der Waals surface area contributed by atoms with Gasteiger partial charge in [-0.05, 0) is 47.9 Å². The van der Waals surface area contributed by atoms with Crippen molar-refractivity contribution in [3.05, 3.63) is 63.9 Å². The summed E-state index contributed by atoms with van der Waals surface area (Å²) in [5.74, 6) is -0.362. The van der Waals surface area contributed by atoms with Gasteiger partial charge in [-0.2, -0.15) is 8.78 Å². The van der Waals surface area contributed by atoms with Crippen LogP contribution < -0.4 is 10.5 Å². The molecule has 0 saturated heterocycles. The van der Waals surface area contributed by atoms with Crippen LogP contribution in [0.2, 0.25) is 5.02 Å². The van der Waals surface area contributed by atoms with Crippen LogP contribution >= 0.6 is 11.6 Å². The van der Waals surface area contributed by atoms with Crippen molar-refractivity contribution in [2.75, 3.05) is 0 Å². The summed E-state index contributed by atoms with van der Waals surface area (Å²) >= 11 is 6.00. The second-order valence-corrected chi connectivity index (χ2v) is 4.96. The number of rotatable bonds is 4. The van der Waals surface area contributed by atoms with Crippen LogP contribution in [0.1, 0.15) is 22.7 Å². The third-order valence-electron chi connectivity index (χ3n) is 3.08. The molecular weight excluding hydrogens is 303 g/mol. The largest absolute Gasteiger partial charge is 0.435 e. The zero-order valence-corrected chi connectivity index (χ0v) is 11.9. The van der Waals surface area contributed by atoms with E-state index in [0.717, 1.165) is 0 Å². The molecule has 1 atom stereocenters. The summed E-state index contributed by atoms with van der Waals surface area (Å²) < 4.78 is 41.8. The Hall–Kier alpha value is -1.72. The number of aryl methyl sites for hydroxylation is 1. The van der Waals surface area contributed by atoms with Crippen LogP contribution in [-0.4, -0.2) is 6.61 Å². The van der Waals surface area contributed by atoms with Gasteiger partial charge >= 0.3 is 6.61 Å². The Kier molecular flexibility index (Phi) is 4.75. The quantitative estimate of drug-likeness (QED) is 0.905. The Labute approximate surface area is 125 Å². The number of nitrogens with two attached hydrogens (primary N) is 1. The first kappa shape index (κ1) is 15.7. The van der Waals surface area contributed by atoms with E-state index in [1.54, 1.807) is 25.1 Å². The SMILES string of the molecule is Cc1cc(C(N)c2ccc(OC(F)F)cc2)c(Cl)cc1F. The predicted octanol–water partition coefficient (Wildman–Crippen LogP) is 4.44. The summed E-state index contributed by atoms with van der Waals surface area (Å²) in [4.78, 5) is 0. The van der Waals surface area contributed by atoms with Crippen LogP contribution in [0.25, 0.3) is 0 Å². The lowest BCUT2D eigenvalue weighted by Gasteiger charge is -2.16. The molecule has 0 aromatic heterocycles. The molecule has 2 aromatic rings. The van der Waals surface area contributed by atoms with Crippen molar-refractivity contribution < 1.29 is 17.9 Å². The standard InChI is InChI=1S/C15H13ClF3NO/c1-8-6-11(12(16)7-13(8)17)14(20)9-2-4-10(5-3-9)21-15(18)19/h2-7,14-15H,20H2,1H3. The molecule has 2 nitrogen and oxygen atoms in total. The summed E-state index contributed by atoms with van der Waals surface area (Å²) in [7, 11) is 0. The molecule has 0 bridgehead atoms. The number of hydrogen-bond acceptors (Lipinski definition) is 2. The molecule has 0 spiro atoms. The zero-order valence-electron chi connectivity index (χ0n) is 11.1. The van der Waals surface area contributed by atoms with Gasteiger partial charge in [0, 0.05) is 5.02 Å². The fraction of sp³-hybridized carbons (Fsp3) is 0.200. The predicted molar refractivity (Wildman–Crippen MR) is 75.3 cm³/mol. The molecule has 0 saturated carbocycles. The molecule has 1 unspecified atom stereocenters. The van der Waals surface area contributed by atoms with E-state index in [4.69, 9.17) is 17.3 Å². The molecule has 0 aliphatic carbocycles. The normalized spacial score (nSPS) is 12.5. The van der Waals surface area contributed by atoms with E-state index in [0.29, 0.717) is 16.7 Å². The number of benzene rings is 2. The van der Waals surface area contributed by atoms with Gasteiger partial charge in [0.2, 0.25) is 0 Å². The zero-order chi connectivity index (χ0) is 15.6. The van der Waals surface area contributed by atoms with E-state index in [1.807, 2.05) is 0 Å². The first-order valence-corrected chi connectivity index (χ1v) is 6.52. The van der Waals surface area contributed by atoms with Gasteiger partial charge in [-0.25, -0.2) is 4.39 Å².